The van der Waals surface area contributed by atoms with Gasteiger partial charge in [0.1, 0.15) is 0 Å². The second-order valence-electron chi connectivity index (χ2n) is 3.64. The minimum Gasteiger partial charge on any atom is -0.391 e. The van der Waals surface area contributed by atoms with Gasteiger partial charge in [-0.15, -0.1) is 11.3 Å². The summed E-state index contributed by atoms with van der Waals surface area (Å²) in [7, 11) is 0. The molecule has 1 amide bonds. The first-order valence-electron chi connectivity index (χ1n) is 4.75. The fourth-order valence-electron chi connectivity index (χ4n) is 1.08. The molecule has 6 heteroatoms. The van der Waals surface area contributed by atoms with Gasteiger partial charge in [-0.3, -0.25) is 4.79 Å². The fraction of sp³-hybridized carbons (Fsp3) is 0.400. The van der Waals surface area contributed by atoms with E-state index in [2.05, 4.69) is 27.9 Å². The molecule has 0 saturated heterocycles. The smallest absolute Gasteiger partial charge is 0.252 e. The zero-order valence-corrected chi connectivity index (χ0v) is 12.8. The number of thiophene rings is 1. The van der Waals surface area contributed by atoms with Gasteiger partial charge in [-0.25, -0.2) is 0 Å². The highest BCUT2D eigenvalue weighted by Gasteiger charge is 2.28. The van der Waals surface area contributed by atoms with E-state index in [-0.39, 0.29) is 5.91 Å². The van der Waals surface area contributed by atoms with Crippen molar-refractivity contribution in [1.82, 2.24) is 5.32 Å². The first-order valence-corrected chi connectivity index (χ1v) is 7.12. The van der Waals surface area contributed by atoms with Gasteiger partial charge in [0.2, 0.25) is 0 Å². The van der Waals surface area contributed by atoms with E-state index in [1.165, 1.54) is 11.3 Å². The minimum absolute atomic E-state index is 0.128. The third-order valence-electron chi connectivity index (χ3n) is 2.47. The molecule has 0 spiro atoms. The largest absolute Gasteiger partial charge is 0.391 e. The van der Waals surface area contributed by atoms with Gasteiger partial charge in [0.25, 0.3) is 5.91 Å². The number of halogens is 1. The van der Waals surface area contributed by atoms with Crippen molar-refractivity contribution in [3.8, 4) is 0 Å². The molecule has 1 atom stereocenters. The highest BCUT2D eigenvalue weighted by atomic mass is 127. The Kier molecular flexibility index (Phi) is 4.69. The fourth-order valence-corrected chi connectivity index (χ4v) is 2.60. The Hall–Kier alpha value is -0.210. The lowest BCUT2D eigenvalue weighted by Gasteiger charge is -2.28. The summed E-state index contributed by atoms with van der Waals surface area (Å²) < 4.78 is 1.08. The molecule has 3 nitrogen and oxygen atoms in total. The molecule has 88 valence electrons. The summed E-state index contributed by atoms with van der Waals surface area (Å²) in [6.07, 6.45) is 0.676. The standard InChI is InChI=1S/C10H13IN2OS2/c1-3-10(2,9(12)15)13-8(14)6-4-7(11)16-5-6/h4-5H,3H2,1-2H3,(H2,12,15)(H,13,14). The van der Waals surface area contributed by atoms with E-state index >= 15 is 0 Å². The van der Waals surface area contributed by atoms with Gasteiger partial charge in [-0.1, -0.05) is 19.1 Å². The second kappa shape index (κ2) is 5.42. The van der Waals surface area contributed by atoms with Crippen molar-refractivity contribution in [1.29, 1.82) is 0 Å². The van der Waals surface area contributed by atoms with Crippen LogP contribution in [0.25, 0.3) is 0 Å². The van der Waals surface area contributed by atoms with Crippen molar-refractivity contribution in [3.63, 3.8) is 0 Å². The quantitative estimate of drug-likeness (QED) is 0.635. The van der Waals surface area contributed by atoms with Gasteiger partial charge in [0, 0.05) is 5.38 Å². The highest BCUT2D eigenvalue weighted by Crippen LogP contribution is 2.18. The van der Waals surface area contributed by atoms with Crippen LogP contribution in [0.15, 0.2) is 11.4 Å². The molecule has 0 fully saturated rings. The molecular formula is C10H13IN2OS2. The molecule has 0 aliphatic rings. The molecule has 0 radical (unpaired) electrons. The number of hydrogen-bond donors (Lipinski definition) is 2. The summed E-state index contributed by atoms with van der Waals surface area (Å²) in [5, 5.41) is 4.70. The molecule has 0 aliphatic carbocycles. The molecular weight excluding hydrogens is 355 g/mol. The van der Waals surface area contributed by atoms with Crippen LogP contribution in [0.3, 0.4) is 0 Å². The first-order chi connectivity index (χ1) is 7.39. The van der Waals surface area contributed by atoms with Crippen LogP contribution in [0.1, 0.15) is 30.6 Å². The second-order valence-corrected chi connectivity index (χ2v) is 6.89. The van der Waals surface area contributed by atoms with Crippen LogP contribution >= 0.6 is 46.1 Å². The van der Waals surface area contributed by atoms with E-state index in [1.54, 1.807) is 0 Å². The Labute approximate surface area is 118 Å². The van der Waals surface area contributed by atoms with Crippen LogP contribution in [-0.4, -0.2) is 16.4 Å². The number of carbonyl (C=O) groups is 1. The third kappa shape index (κ3) is 3.14. The van der Waals surface area contributed by atoms with Crippen LogP contribution in [0.5, 0.6) is 0 Å². The number of hydrogen-bond acceptors (Lipinski definition) is 3. The third-order valence-corrected chi connectivity index (χ3v) is 4.71. The van der Waals surface area contributed by atoms with Crippen LogP contribution in [0.4, 0.5) is 0 Å². The Morgan fingerprint density at radius 2 is 2.38 bits per heavy atom. The Bertz CT molecular complexity index is 419. The molecule has 1 aromatic rings. The SMILES string of the molecule is CCC(C)(NC(=O)c1csc(I)c1)C(N)=S. The molecule has 1 aromatic heterocycles. The van der Waals surface area contributed by atoms with Crippen LogP contribution in [0.2, 0.25) is 0 Å². The van der Waals surface area contributed by atoms with E-state index in [1.807, 2.05) is 25.3 Å². The molecule has 0 aliphatic heterocycles. The molecule has 3 N–H and O–H groups in total. The summed E-state index contributed by atoms with van der Waals surface area (Å²) in [5.41, 5.74) is 5.68. The molecule has 1 heterocycles. The van der Waals surface area contributed by atoms with Gasteiger partial charge < -0.3 is 11.1 Å². The average Bonchev–Trinajstić information content (AvgIpc) is 2.64. The van der Waals surface area contributed by atoms with E-state index in [0.29, 0.717) is 17.0 Å². The van der Waals surface area contributed by atoms with Crippen molar-refractivity contribution in [2.45, 2.75) is 25.8 Å². The molecule has 0 aromatic carbocycles. The molecule has 0 bridgehead atoms. The first kappa shape index (κ1) is 13.9. The maximum atomic E-state index is 11.9. The summed E-state index contributed by atoms with van der Waals surface area (Å²) in [6, 6.07) is 1.84. The van der Waals surface area contributed by atoms with E-state index in [4.69, 9.17) is 18.0 Å². The van der Waals surface area contributed by atoms with Crippen molar-refractivity contribution in [2.75, 3.05) is 0 Å². The highest BCUT2D eigenvalue weighted by molar-refractivity contribution is 14.1. The van der Waals surface area contributed by atoms with Crippen molar-refractivity contribution < 1.29 is 4.79 Å². The number of thiocarbonyl (C=S) groups is 1. The van der Waals surface area contributed by atoms with Gasteiger partial charge >= 0.3 is 0 Å². The van der Waals surface area contributed by atoms with Crippen LogP contribution < -0.4 is 11.1 Å². The van der Waals surface area contributed by atoms with E-state index in [0.717, 1.165) is 2.88 Å². The number of carbonyl (C=O) groups excluding carboxylic acids is 1. The Balaban J connectivity index is 2.81. The monoisotopic (exact) mass is 368 g/mol. The lowest BCUT2D eigenvalue weighted by molar-refractivity contribution is 0.0927. The summed E-state index contributed by atoms with van der Waals surface area (Å²) in [4.78, 5) is 12.2. The molecule has 1 unspecified atom stereocenters. The average molecular weight is 368 g/mol. The van der Waals surface area contributed by atoms with E-state index < -0.39 is 5.54 Å². The molecule has 16 heavy (non-hydrogen) atoms. The summed E-state index contributed by atoms with van der Waals surface area (Å²) in [5.74, 6) is -0.128. The summed E-state index contributed by atoms with van der Waals surface area (Å²) >= 11 is 8.69. The number of amides is 1. The van der Waals surface area contributed by atoms with Gasteiger partial charge in [-0.05, 0) is 42.0 Å². The predicted octanol–water partition coefficient (Wildman–Crippen LogP) is 2.54. The van der Waals surface area contributed by atoms with Crippen molar-refractivity contribution in [2.24, 2.45) is 5.73 Å². The maximum absolute atomic E-state index is 11.9. The zero-order chi connectivity index (χ0) is 12.3. The van der Waals surface area contributed by atoms with Crippen LogP contribution in [-0.2, 0) is 0 Å². The number of rotatable bonds is 4. The molecule has 1 rings (SSSR count). The Morgan fingerprint density at radius 3 is 2.75 bits per heavy atom. The predicted molar refractivity (Wildman–Crippen MR) is 80.0 cm³/mol. The normalized spacial score (nSPS) is 14.2. The maximum Gasteiger partial charge on any atom is 0.252 e. The number of nitrogens with two attached hydrogens (primary N) is 1. The van der Waals surface area contributed by atoms with Crippen LogP contribution in [0, 0.1) is 2.88 Å². The zero-order valence-electron chi connectivity index (χ0n) is 9.04. The lowest BCUT2D eigenvalue weighted by atomic mass is 9.98. The van der Waals surface area contributed by atoms with Gasteiger partial charge in [-0.2, -0.15) is 0 Å². The van der Waals surface area contributed by atoms with Crippen molar-refractivity contribution >= 4 is 57.0 Å². The number of nitrogens with one attached hydrogen (secondary N) is 1. The lowest BCUT2D eigenvalue weighted by Crippen LogP contribution is -2.54. The summed E-state index contributed by atoms with van der Waals surface area (Å²) in [6.45, 7) is 3.78. The topological polar surface area (TPSA) is 55.1 Å². The van der Waals surface area contributed by atoms with Gasteiger partial charge in [0.15, 0.2) is 0 Å². The molecule has 0 saturated carbocycles. The van der Waals surface area contributed by atoms with Gasteiger partial charge in [0.05, 0.1) is 19.0 Å². The van der Waals surface area contributed by atoms with Crippen molar-refractivity contribution in [3.05, 3.63) is 19.9 Å². The Morgan fingerprint density at radius 1 is 1.75 bits per heavy atom. The minimum atomic E-state index is -0.611. The van der Waals surface area contributed by atoms with E-state index in [9.17, 15) is 4.79 Å².